The summed E-state index contributed by atoms with van der Waals surface area (Å²) in [5.41, 5.74) is 1.03. The van der Waals surface area contributed by atoms with Gasteiger partial charge < -0.3 is 10.0 Å². The van der Waals surface area contributed by atoms with Crippen LogP contribution in [0.4, 0.5) is 4.39 Å². The zero-order chi connectivity index (χ0) is 12.8. The number of carbonyl (C=O) groups excluding carboxylic acids is 1. The van der Waals surface area contributed by atoms with Gasteiger partial charge in [-0.15, -0.1) is 6.58 Å². The molecule has 3 nitrogen and oxygen atoms in total. The van der Waals surface area contributed by atoms with Crippen LogP contribution in [0.2, 0.25) is 0 Å². The number of rotatable bonds is 5. The molecule has 1 N–H and O–H groups in total. The van der Waals surface area contributed by atoms with Crippen molar-refractivity contribution in [2.24, 2.45) is 0 Å². The first-order valence-electron chi connectivity index (χ1n) is 5.37. The van der Waals surface area contributed by atoms with Crippen molar-refractivity contribution in [3.05, 3.63) is 47.8 Å². The lowest BCUT2D eigenvalue weighted by Gasteiger charge is -2.20. The molecule has 0 saturated heterocycles. The molecule has 0 aliphatic carbocycles. The average Bonchev–Trinajstić information content (AvgIpc) is 2.31. The van der Waals surface area contributed by atoms with Crippen LogP contribution in [-0.2, 0) is 0 Å². The Balaban J connectivity index is 2.99. The molecule has 0 fully saturated rings. The van der Waals surface area contributed by atoms with E-state index in [1.165, 1.54) is 17.0 Å². The molecule has 1 rings (SSSR count). The summed E-state index contributed by atoms with van der Waals surface area (Å²) in [5.74, 6) is -0.738. The minimum atomic E-state index is -0.443. The van der Waals surface area contributed by atoms with Crippen molar-refractivity contribution in [3.63, 3.8) is 0 Å². The van der Waals surface area contributed by atoms with Crippen LogP contribution in [0.1, 0.15) is 15.9 Å². The van der Waals surface area contributed by atoms with E-state index in [1.54, 1.807) is 19.1 Å². The lowest BCUT2D eigenvalue weighted by molar-refractivity contribution is 0.0741. The quantitative estimate of drug-likeness (QED) is 0.793. The maximum absolute atomic E-state index is 13.1. The van der Waals surface area contributed by atoms with Crippen molar-refractivity contribution in [1.29, 1.82) is 0 Å². The van der Waals surface area contributed by atoms with E-state index in [-0.39, 0.29) is 19.1 Å². The Morgan fingerprint density at radius 2 is 2.29 bits per heavy atom. The van der Waals surface area contributed by atoms with Crippen LogP contribution in [0, 0.1) is 12.7 Å². The smallest absolute Gasteiger partial charge is 0.254 e. The highest BCUT2D eigenvalue weighted by molar-refractivity contribution is 5.95. The third-order valence-electron chi connectivity index (χ3n) is 2.44. The van der Waals surface area contributed by atoms with Gasteiger partial charge in [0, 0.05) is 18.7 Å². The first-order valence-corrected chi connectivity index (χ1v) is 5.37. The Hall–Kier alpha value is -1.68. The molecule has 0 aromatic heterocycles. The van der Waals surface area contributed by atoms with Gasteiger partial charge in [-0.25, -0.2) is 4.39 Å². The SMILES string of the molecule is C=CCN(CCO)C(=O)c1cc(F)ccc1C. The molecule has 1 aromatic rings. The van der Waals surface area contributed by atoms with Crippen LogP contribution >= 0.6 is 0 Å². The van der Waals surface area contributed by atoms with Gasteiger partial charge in [0.05, 0.1) is 6.61 Å². The monoisotopic (exact) mass is 237 g/mol. The standard InChI is InChI=1S/C13H16FNO2/c1-3-6-15(7-8-16)13(17)12-9-11(14)5-4-10(12)2/h3-5,9,16H,1,6-8H2,2H3. The second-order valence-electron chi connectivity index (χ2n) is 3.72. The van der Waals surface area contributed by atoms with Crippen LogP contribution in [0.25, 0.3) is 0 Å². The highest BCUT2D eigenvalue weighted by Gasteiger charge is 2.16. The van der Waals surface area contributed by atoms with Crippen molar-refractivity contribution < 1.29 is 14.3 Å². The van der Waals surface area contributed by atoms with E-state index in [4.69, 9.17) is 5.11 Å². The largest absolute Gasteiger partial charge is 0.395 e. The fourth-order valence-electron chi connectivity index (χ4n) is 1.55. The Bertz CT molecular complexity index is 418. The second kappa shape index (κ2) is 6.15. The van der Waals surface area contributed by atoms with Gasteiger partial charge in [-0.2, -0.15) is 0 Å². The summed E-state index contributed by atoms with van der Waals surface area (Å²) in [4.78, 5) is 13.5. The van der Waals surface area contributed by atoms with Crippen molar-refractivity contribution in [2.45, 2.75) is 6.92 Å². The topological polar surface area (TPSA) is 40.5 Å². The normalized spacial score (nSPS) is 10.1. The van der Waals surface area contributed by atoms with Gasteiger partial charge in [0.15, 0.2) is 0 Å². The molecular weight excluding hydrogens is 221 g/mol. The highest BCUT2D eigenvalue weighted by Crippen LogP contribution is 2.13. The molecule has 17 heavy (non-hydrogen) atoms. The first kappa shape index (κ1) is 13.4. The first-order chi connectivity index (χ1) is 8.10. The van der Waals surface area contributed by atoms with E-state index in [1.807, 2.05) is 0 Å². The van der Waals surface area contributed by atoms with Crippen LogP contribution in [-0.4, -0.2) is 35.6 Å². The number of amides is 1. The van der Waals surface area contributed by atoms with E-state index in [0.717, 1.165) is 0 Å². The molecule has 92 valence electrons. The predicted octanol–water partition coefficient (Wildman–Crippen LogP) is 1.75. The van der Waals surface area contributed by atoms with Crippen molar-refractivity contribution >= 4 is 5.91 Å². The lowest BCUT2D eigenvalue weighted by atomic mass is 10.1. The summed E-state index contributed by atoms with van der Waals surface area (Å²) in [6.45, 7) is 5.70. The summed E-state index contributed by atoms with van der Waals surface area (Å²) in [5, 5.41) is 8.88. The number of aliphatic hydroxyl groups is 1. The van der Waals surface area contributed by atoms with Gasteiger partial charge in [-0.05, 0) is 24.6 Å². The number of carbonyl (C=O) groups is 1. The van der Waals surface area contributed by atoms with Crippen LogP contribution < -0.4 is 0 Å². The Labute approximate surface area is 100 Å². The number of nitrogens with zero attached hydrogens (tertiary/aromatic N) is 1. The molecule has 0 aliphatic heterocycles. The van der Waals surface area contributed by atoms with Crippen molar-refractivity contribution in [3.8, 4) is 0 Å². The molecule has 0 bridgehead atoms. The molecular formula is C13H16FNO2. The zero-order valence-electron chi connectivity index (χ0n) is 9.82. The highest BCUT2D eigenvalue weighted by atomic mass is 19.1. The van der Waals surface area contributed by atoms with Crippen LogP contribution in [0.15, 0.2) is 30.9 Å². The predicted molar refractivity (Wildman–Crippen MR) is 64.3 cm³/mol. The maximum Gasteiger partial charge on any atom is 0.254 e. The summed E-state index contributed by atoms with van der Waals surface area (Å²) in [6, 6.07) is 4.09. The number of benzene rings is 1. The van der Waals surface area contributed by atoms with Crippen LogP contribution in [0.3, 0.4) is 0 Å². The molecule has 4 heteroatoms. The fraction of sp³-hybridized carbons (Fsp3) is 0.308. The number of hydrogen-bond acceptors (Lipinski definition) is 2. The van der Waals surface area contributed by atoms with E-state index < -0.39 is 5.82 Å². The van der Waals surface area contributed by atoms with Crippen LogP contribution in [0.5, 0.6) is 0 Å². The fourth-order valence-corrected chi connectivity index (χ4v) is 1.55. The molecule has 0 radical (unpaired) electrons. The summed E-state index contributed by atoms with van der Waals surface area (Å²) < 4.78 is 13.1. The van der Waals surface area contributed by atoms with Crippen molar-refractivity contribution in [2.75, 3.05) is 19.7 Å². The third kappa shape index (κ3) is 3.39. The molecule has 0 atom stereocenters. The van der Waals surface area contributed by atoms with E-state index in [9.17, 15) is 9.18 Å². The minimum absolute atomic E-state index is 0.131. The van der Waals surface area contributed by atoms with Gasteiger partial charge in [0.25, 0.3) is 5.91 Å². The summed E-state index contributed by atoms with van der Waals surface area (Å²) in [7, 11) is 0. The van der Waals surface area contributed by atoms with Gasteiger partial charge in [-0.1, -0.05) is 12.1 Å². The molecule has 0 aliphatic rings. The number of hydrogen-bond donors (Lipinski definition) is 1. The molecule has 0 unspecified atom stereocenters. The minimum Gasteiger partial charge on any atom is -0.395 e. The van der Waals surface area contributed by atoms with Crippen molar-refractivity contribution in [1.82, 2.24) is 4.90 Å². The van der Waals surface area contributed by atoms with E-state index in [2.05, 4.69) is 6.58 Å². The van der Waals surface area contributed by atoms with Gasteiger partial charge >= 0.3 is 0 Å². The average molecular weight is 237 g/mol. The number of halogens is 1. The molecule has 0 saturated carbocycles. The summed E-state index contributed by atoms with van der Waals surface area (Å²) in [6.07, 6.45) is 1.57. The molecule has 0 spiro atoms. The lowest BCUT2D eigenvalue weighted by Crippen LogP contribution is -2.34. The third-order valence-corrected chi connectivity index (χ3v) is 2.44. The van der Waals surface area contributed by atoms with Gasteiger partial charge in [-0.3, -0.25) is 4.79 Å². The zero-order valence-corrected chi connectivity index (χ0v) is 9.82. The van der Waals surface area contributed by atoms with Gasteiger partial charge in [0.2, 0.25) is 0 Å². The maximum atomic E-state index is 13.1. The Kier molecular flexibility index (Phi) is 4.84. The molecule has 1 aromatic carbocycles. The number of aryl methyl sites for hydroxylation is 1. The summed E-state index contributed by atoms with van der Waals surface area (Å²) >= 11 is 0. The number of aliphatic hydroxyl groups excluding tert-OH is 1. The molecule has 1 amide bonds. The van der Waals surface area contributed by atoms with Gasteiger partial charge in [0.1, 0.15) is 5.82 Å². The molecule has 0 heterocycles. The Morgan fingerprint density at radius 1 is 1.59 bits per heavy atom. The van der Waals surface area contributed by atoms with E-state index >= 15 is 0 Å². The second-order valence-corrected chi connectivity index (χ2v) is 3.72. The van der Waals surface area contributed by atoms with E-state index in [0.29, 0.717) is 17.7 Å². The Morgan fingerprint density at radius 3 is 2.88 bits per heavy atom.